The molecule has 2 aromatic carbocycles. The maximum Gasteiger partial charge on any atom is 0.0980 e. The van der Waals surface area contributed by atoms with Crippen molar-refractivity contribution in [3.05, 3.63) is 52.5 Å². The smallest absolute Gasteiger partial charge is 0.0980 e. The molecule has 0 bridgehead atoms. The summed E-state index contributed by atoms with van der Waals surface area (Å²) in [5.74, 6) is 0. The molecular weight excluding hydrogens is 279 g/mol. The third-order valence-electron chi connectivity index (χ3n) is 3.33. The molecule has 2 aromatic heterocycles. The molecule has 4 rings (SSSR count). The van der Waals surface area contributed by atoms with Crippen molar-refractivity contribution in [2.45, 2.75) is 0 Å². The van der Waals surface area contributed by atoms with Gasteiger partial charge in [-0.2, -0.15) is 0 Å². The molecule has 0 saturated heterocycles. The van der Waals surface area contributed by atoms with Crippen LogP contribution in [0.1, 0.15) is 0 Å². The molecule has 0 aliphatic carbocycles. The Kier molecular flexibility index (Phi) is 2.25. The lowest BCUT2D eigenvalue weighted by Crippen LogP contribution is -1.83. The monoisotopic (exact) mass is 286 g/mol. The first-order chi connectivity index (χ1) is 9.24. The van der Waals surface area contributed by atoms with Crippen LogP contribution in [0, 0.1) is 0 Å². The standard InChI is InChI=1S/C15H8Cl2N2/c16-8-5-6-12-10(7-8)13(17)15-14(18-12)9-3-1-2-4-11(9)19-15/h1-7,19H. The molecule has 2 nitrogen and oxygen atoms in total. The van der Waals surface area contributed by atoms with E-state index in [4.69, 9.17) is 28.2 Å². The first-order valence-corrected chi connectivity index (χ1v) is 6.65. The molecule has 0 amide bonds. The number of hydrogen-bond donors (Lipinski definition) is 1. The second-order valence-corrected chi connectivity index (χ2v) is 5.30. The van der Waals surface area contributed by atoms with Crippen LogP contribution < -0.4 is 0 Å². The Morgan fingerprint density at radius 3 is 2.68 bits per heavy atom. The molecule has 0 radical (unpaired) electrons. The van der Waals surface area contributed by atoms with E-state index in [9.17, 15) is 0 Å². The van der Waals surface area contributed by atoms with Crippen molar-refractivity contribution in [1.82, 2.24) is 9.97 Å². The van der Waals surface area contributed by atoms with Crippen LogP contribution in [0.3, 0.4) is 0 Å². The summed E-state index contributed by atoms with van der Waals surface area (Å²) in [6.45, 7) is 0. The molecule has 0 spiro atoms. The van der Waals surface area contributed by atoms with E-state index in [1.165, 1.54) is 0 Å². The Morgan fingerprint density at radius 1 is 0.947 bits per heavy atom. The predicted octanol–water partition coefficient (Wildman–Crippen LogP) is 5.18. The summed E-state index contributed by atoms with van der Waals surface area (Å²) in [4.78, 5) is 8.01. The number of hydrogen-bond acceptors (Lipinski definition) is 1. The first kappa shape index (κ1) is 11.1. The highest BCUT2D eigenvalue weighted by Crippen LogP contribution is 2.34. The van der Waals surface area contributed by atoms with E-state index in [-0.39, 0.29) is 0 Å². The van der Waals surface area contributed by atoms with Gasteiger partial charge in [-0.1, -0.05) is 41.4 Å². The molecular formula is C15H8Cl2N2. The molecule has 0 aliphatic rings. The minimum absolute atomic E-state index is 0.659. The quantitative estimate of drug-likeness (QED) is 0.474. The summed E-state index contributed by atoms with van der Waals surface area (Å²) in [6.07, 6.45) is 0. The number of nitrogens with one attached hydrogen (secondary N) is 1. The normalized spacial score (nSPS) is 11.7. The summed E-state index contributed by atoms with van der Waals surface area (Å²) in [5.41, 5.74) is 3.65. The van der Waals surface area contributed by atoms with Gasteiger partial charge in [0.2, 0.25) is 0 Å². The summed E-state index contributed by atoms with van der Waals surface area (Å²) in [6, 6.07) is 13.6. The van der Waals surface area contributed by atoms with Gasteiger partial charge in [-0.15, -0.1) is 0 Å². The van der Waals surface area contributed by atoms with Gasteiger partial charge in [0, 0.05) is 21.3 Å². The first-order valence-electron chi connectivity index (χ1n) is 5.89. The maximum absolute atomic E-state index is 6.49. The van der Waals surface area contributed by atoms with E-state index >= 15 is 0 Å². The molecule has 0 aliphatic heterocycles. The van der Waals surface area contributed by atoms with E-state index in [1.807, 2.05) is 42.5 Å². The number of fused-ring (bicyclic) bond motifs is 4. The van der Waals surface area contributed by atoms with Crippen LogP contribution in [-0.4, -0.2) is 9.97 Å². The zero-order valence-electron chi connectivity index (χ0n) is 9.74. The van der Waals surface area contributed by atoms with Gasteiger partial charge < -0.3 is 4.98 Å². The van der Waals surface area contributed by atoms with E-state index in [0.717, 1.165) is 32.8 Å². The number of aromatic nitrogens is 2. The van der Waals surface area contributed by atoms with Crippen molar-refractivity contribution in [2.75, 3.05) is 0 Å². The van der Waals surface area contributed by atoms with Crippen LogP contribution in [0.5, 0.6) is 0 Å². The Hall–Kier alpha value is -1.77. The van der Waals surface area contributed by atoms with Crippen LogP contribution >= 0.6 is 23.2 Å². The zero-order chi connectivity index (χ0) is 13.0. The number of aromatic amines is 1. The Balaban J connectivity index is 2.29. The summed E-state index contributed by atoms with van der Waals surface area (Å²) in [7, 11) is 0. The zero-order valence-corrected chi connectivity index (χ0v) is 11.3. The Bertz CT molecular complexity index is 941. The van der Waals surface area contributed by atoms with Crippen LogP contribution in [0.4, 0.5) is 0 Å². The molecule has 0 atom stereocenters. The van der Waals surface area contributed by atoms with Crippen molar-refractivity contribution in [1.29, 1.82) is 0 Å². The average Bonchev–Trinajstić information content (AvgIpc) is 2.79. The van der Waals surface area contributed by atoms with Gasteiger partial charge in [0.15, 0.2) is 0 Å². The number of rotatable bonds is 0. The van der Waals surface area contributed by atoms with Crippen LogP contribution in [0.2, 0.25) is 10.0 Å². The second-order valence-electron chi connectivity index (χ2n) is 4.48. The lowest BCUT2D eigenvalue weighted by molar-refractivity contribution is 1.49. The molecule has 0 saturated carbocycles. The minimum Gasteiger partial charge on any atom is -0.352 e. The molecule has 4 heteroatoms. The molecule has 0 unspecified atom stereocenters. The van der Waals surface area contributed by atoms with Crippen LogP contribution in [-0.2, 0) is 0 Å². The third-order valence-corrected chi connectivity index (χ3v) is 3.95. The van der Waals surface area contributed by atoms with Gasteiger partial charge in [-0.05, 0) is 24.3 Å². The fourth-order valence-electron chi connectivity index (χ4n) is 2.44. The summed E-state index contributed by atoms with van der Waals surface area (Å²) in [5, 5.41) is 3.27. The Labute approximate surface area is 119 Å². The van der Waals surface area contributed by atoms with Gasteiger partial charge in [0.25, 0.3) is 0 Å². The van der Waals surface area contributed by atoms with Crippen molar-refractivity contribution in [3.63, 3.8) is 0 Å². The number of nitrogens with zero attached hydrogens (tertiary/aromatic N) is 1. The average molecular weight is 287 g/mol. The number of halogens is 2. The van der Waals surface area contributed by atoms with Crippen LogP contribution in [0.25, 0.3) is 32.8 Å². The summed E-state index contributed by atoms with van der Waals surface area (Å²) >= 11 is 12.5. The molecule has 2 heterocycles. The van der Waals surface area contributed by atoms with Crippen molar-refractivity contribution < 1.29 is 0 Å². The highest BCUT2D eigenvalue weighted by atomic mass is 35.5. The van der Waals surface area contributed by atoms with Gasteiger partial charge in [-0.3, -0.25) is 0 Å². The summed E-state index contributed by atoms with van der Waals surface area (Å²) < 4.78 is 0. The van der Waals surface area contributed by atoms with Gasteiger partial charge >= 0.3 is 0 Å². The minimum atomic E-state index is 0.659. The Morgan fingerprint density at radius 2 is 1.79 bits per heavy atom. The van der Waals surface area contributed by atoms with E-state index < -0.39 is 0 Å². The highest BCUT2D eigenvalue weighted by Gasteiger charge is 2.12. The highest BCUT2D eigenvalue weighted by molar-refractivity contribution is 6.41. The fourth-order valence-corrected chi connectivity index (χ4v) is 2.90. The lowest BCUT2D eigenvalue weighted by atomic mass is 10.2. The molecule has 4 aromatic rings. The fraction of sp³-hybridized carbons (Fsp3) is 0. The van der Waals surface area contributed by atoms with Crippen molar-refractivity contribution >= 4 is 56.0 Å². The van der Waals surface area contributed by atoms with E-state index in [0.29, 0.717) is 10.0 Å². The maximum atomic E-state index is 6.49. The number of para-hydroxylation sites is 1. The van der Waals surface area contributed by atoms with Gasteiger partial charge in [-0.25, -0.2) is 4.98 Å². The van der Waals surface area contributed by atoms with E-state index in [1.54, 1.807) is 0 Å². The number of H-pyrrole nitrogens is 1. The van der Waals surface area contributed by atoms with Crippen molar-refractivity contribution in [2.24, 2.45) is 0 Å². The van der Waals surface area contributed by atoms with Crippen molar-refractivity contribution in [3.8, 4) is 0 Å². The molecule has 0 fully saturated rings. The molecule has 92 valence electrons. The molecule has 1 N–H and O–H groups in total. The number of pyridine rings is 1. The van der Waals surface area contributed by atoms with Gasteiger partial charge in [0.05, 0.1) is 21.6 Å². The second kappa shape index (κ2) is 3.86. The predicted molar refractivity (Wildman–Crippen MR) is 81.1 cm³/mol. The topological polar surface area (TPSA) is 28.7 Å². The largest absolute Gasteiger partial charge is 0.352 e. The molecule has 19 heavy (non-hydrogen) atoms. The van der Waals surface area contributed by atoms with E-state index in [2.05, 4.69) is 4.98 Å². The SMILES string of the molecule is Clc1ccc2nc3c([nH]c4ccccc43)c(Cl)c2c1. The number of benzene rings is 2. The van der Waals surface area contributed by atoms with Crippen LogP contribution in [0.15, 0.2) is 42.5 Å². The lowest BCUT2D eigenvalue weighted by Gasteiger charge is -2.02. The van der Waals surface area contributed by atoms with Gasteiger partial charge in [0.1, 0.15) is 0 Å². The third kappa shape index (κ3) is 1.54.